The molecule has 0 fully saturated rings. The van der Waals surface area contributed by atoms with Crippen molar-refractivity contribution in [2.24, 2.45) is 0 Å². The summed E-state index contributed by atoms with van der Waals surface area (Å²) in [6, 6.07) is 2.81. The Bertz CT molecular complexity index is 678. The molecule has 27 heavy (non-hydrogen) atoms. The second kappa shape index (κ2) is 11.3. The smallest absolute Gasteiger partial charge is 0.413 e. The molecule has 0 aromatic heterocycles. The van der Waals surface area contributed by atoms with Crippen molar-refractivity contribution < 1.29 is 33.3 Å². The second-order valence-electron chi connectivity index (χ2n) is 5.45. The zero-order valence-corrected chi connectivity index (χ0v) is 16.6. The number of rotatable bonds is 9. The summed E-state index contributed by atoms with van der Waals surface area (Å²) in [6.45, 7) is 5.95. The second-order valence-corrected chi connectivity index (χ2v) is 5.86. The highest BCUT2D eigenvalue weighted by molar-refractivity contribution is 6.32. The topological polar surface area (TPSA) is 100 Å². The van der Waals surface area contributed by atoms with Gasteiger partial charge in [0.05, 0.1) is 30.9 Å². The number of alkyl carbamates (subject to hydrolysis) is 1. The van der Waals surface area contributed by atoms with Crippen molar-refractivity contribution in [2.45, 2.75) is 39.7 Å². The summed E-state index contributed by atoms with van der Waals surface area (Å²) in [5, 5.41) is 2.11. The molecule has 0 unspecified atom stereocenters. The average molecular weight is 402 g/mol. The number of benzene rings is 1. The first-order valence-corrected chi connectivity index (χ1v) is 8.90. The summed E-state index contributed by atoms with van der Waals surface area (Å²) in [7, 11) is 1.11. The molecule has 0 radical (unpaired) electrons. The number of hydrogen-bond acceptors (Lipinski definition) is 7. The largest absolute Gasteiger partial charge is 0.490 e. The van der Waals surface area contributed by atoms with Gasteiger partial charge in [-0.25, -0.2) is 9.59 Å². The average Bonchev–Trinajstić information content (AvgIpc) is 2.63. The molecule has 0 spiro atoms. The maximum Gasteiger partial charge on any atom is 0.413 e. The monoisotopic (exact) mass is 401 g/mol. The van der Waals surface area contributed by atoms with Crippen molar-refractivity contribution in [1.29, 1.82) is 0 Å². The molecule has 0 heterocycles. The van der Waals surface area contributed by atoms with Gasteiger partial charge in [0.2, 0.25) is 0 Å². The minimum absolute atomic E-state index is 0.0870. The molecule has 0 aliphatic heterocycles. The predicted octanol–water partition coefficient (Wildman–Crippen LogP) is 3.35. The molecule has 8 nitrogen and oxygen atoms in total. The third-order valence-corrected chi connectivity index (χ3v) is 3.63. The van der Waals surface area contributed by atoms with Crippen molar-refractivity contribution >= 4 is 29.6 Å². The van der Waals surface area contributed by atoms with Crippen LogP contribution in [0.25, 0.3) is 0 Å². The van der Waals surface area contributed by atoms with Crippen LogP contribution in [-0.4, -0.2) is 44.4 Å². The molecule has 0 saturated carbocycles. The number of methoxy groups -OCH3 is 1. The summed E-state index contributed by atoms with van der Waals surface area (Å²) in [6.07, 6.45) is -0.361. The molecule has 9 heteroatoms. The third-order valence-electron chi connectivity index (χ3n) is 3.35. The van der Waals surface area contributed by atoms with Gasteiger partial charge in [-0.15, -0.1) is 0 Å². The van der Waals surface area contributed by atoms with E-state index in [1.807, 2.05) is 12.2 Å². The van der Waals surface area contributed by atoms with E-state index in [1.165, 1.54) is 19.1 Å². The van der Waals surface area contributed by atoms with Gasteiger partial charge >= 0.3 is 12.1 Å². The molecule has 1 aromatic rings. The Morgan fingerprint density at radius 1 is 1.19 bits per heavy atom. The van der Waals surface area contributed by atoms with Crippen molar-refractivity contribution in [2.75, 3.05) is 20.3 Å². The zero-order valence-electron chi connectivity index (χ0n) is 15.8. The Morgan fingerprint density at radius 3 is 2.48 bits per heavy atom. The molecule has 0 aliphatic rings. The highest BCUT2D eigenvalue weighted by Crippen LogP contribution is 2.37. The van der Waals surface area contributed by atoms with Crippen LogP contribution in [0.5, 0.6) is 11.5 Å². The van der Waals surface area contributed by atoms with E-state index in [0.29, 0.717) is 24.7 Å². The van der Waals surface area contributed by atoms with E-state index >= 15 is 0 Å². The van der Waals surface area contributed by atoms with Crippen LogP contribution in [0.15, 0.2) is 12.1 Å². The molecule has 1 N–H and O–H groups in total. The highest BCUT2D eigenvalue weighted by Gasteiger charge is 2.23. The number of ether oxygens (including phenoxy) is 4. The van der Waals surface area contributed by atoms with Crippen molar-refractivity contribution in [1.82, 2.24) is 5.32 Å². The molecular formula is C18H24ClNO7. The van der Waals surface area contributed by atoms with Gasteiger partial charge in [0.1, 0.15) is 0 Å². The molecule has 0 bridgehead atoms. The first kappa shape index (κ1) is 22.6. The van der Waals surface area contributed by atoms with Crippen LogP contribution in [0, 0.1) is 0 Å². The summed E-state index contributed by atoms with van der Waals surface area (Å²) in [5.74, 6) is -0.962. The minimum atomic E-state index is -1.22. The van der Waals surface area contributed by atoms with E-state index in [1.54, 1.807) is 6.92 Å². The zero-order chi connectivity index (χ0) is 20.4. The van der Waals surface area contributed by atoms with Gasteiger partial charge in [-0.1, -0.05) is 24.9 Å². The Labute approximate surface area is 163 Å². The molecule has 0 saturated heterocycles. The highest BCUT2D eigenvalue weighted by atomic mass is 35.5. The molecule has 2 amide bonds. The summed E-state index contributed by atoms with van der Waals surface area (Å²) in [4.78, 5) is 35.1. The molecular weight excluding hydrogens is 378 g/mol. The van der Waals surface area contributed by atoms with Crippen molar-refractivity contribution in [3.8, 4) is 11.5 Å². The number of nitrogens with one attached hydrogen (secondary N) is 1. The quantitative estimate of drug-likeness (QED) is 0.500. The first-order chi connectivity index (χ1) is 12.8. The lowest BCUT2D eigenvalue weighted by molar-refractivity contribution is -0.128. The maximum atomic E-state index is 12.3. The van der Waals surface area contributed by atoms with Gasteiger partial charge in [-0.05, 0) is 32.4 Å². The minimum Gasteiger partial charge on any atom is -0.490 e. The summed E-state index contributed by atoms with van der Waals surface area (Å²) in [5.41, 5.74) is 0.0870. The lowest BCUT2D eigenvalue weighted by Gasteiger charge is -2.16. The van der Waals surface area contributed by atoms with Gasteiger partial charge in [-0.3, -0.25) is 10.1 Å². The van der Waals surface area contributed by atoms with Crippen LogP contribution in [-0.2, 0) is 14.3 Å². The van der Waals surface area contributed by atoms with E-state index < -0.39 is 24.1 Å². The van der Waals surface area contributed by atoms with E-state index in [4.69, 9.17) is 25.8 Å². The number of carbonyl (C=O) groups is 3. The molecule has 150 valence electrons. The van der Waals surface area contributed by atoms with Crippen LogP contribution in [0.3, 0.4) is 0 Å². The predicted molar refractivity (Wildman–Crippen MR) is 98.4 cm³/mol. The van der Waals surface area contributed by atoms with Crippen LogP contribution in [0.4, 0.5) is 4.79 Å². The van der Waals surface area contributed by atoms with E-state index in [9.17, 15) is 14.4 Å². The Balaban J connectivity index is 2.93. The number of imide groups is 1. The normalized spacial score (nSPS) is 11.3. The number of amides is 2. The van der Waals surface area contributed by atoms with Crippen LogP contribution >= 0.6 is 11.6 Å². The molecule has 1 aromatic carbocycles. The third kappa shape index (κ3) is 6.97. The van der Waals surface area contributed by atoms with Crippen molar-refractivity contribution in [3.05, 3.63) is 22.7 Å². The summed E-state index contributed by atoms with van der Waals surface area (Å²) >= 11 is 6.23. The fourth-order valence-electron chi connectivity index (χ4n) is 1.94. The molecule has 1 rings (SSSR count). The Kier molecular flexibility index (Phi) is 9.42. The van der Waals surface area contributed by atoms with Crippen LogP contribution < -0.4 is 14.8 Å². The Hall–Kier alpha value is -2.48. The SMILES string of the molecule is CCCCOc1c(Cl)cc(C(=O)O[C@@H](C)C(=O)NC(=O)OC)cc1OCC. The number of esters is 1. The standard InChI is InChI=1S/C18H24ClNO7/c1-5-7-8-26-15-13(19)9-12(10-14(15)25-6-2)17(22)27-11(3)16(21)20-18(23)24-4/h9-11H,5-8H2,1-4H3,(H,20,21,23)/t11-/m0/s1. The summed E-state index contributed by atoms with van der Waals surface area (Å²) < 4.78 is 20.5. The molecule has 0 aliphatic carbocycles. The number of unbranched alkanes of at least 4 members (excludes halogenated alkanes) is 1. The Morgan fingerprint density at radius 2 is 1.89 bits per heavy atom. The van der Waals surface area contributed by atoms with E-state index in [-0.39, 0.29) is 10.6 Å². The van der Waals surface area contributed by atoms with E-state index in [2.05, 4.69) is 4.74 Å². The number of hydrogen-bond donors (Lipinski definition) is 1. The van der Waals surface area contributed by atoms with Gasteiger partial charge in [-0.2, -0.15) is 0 Å². The maximum absolute atomic E-state index is 12.3. The lowest BCUT2D eigenvalue weighted by atomic mass is 10.2. The van der Waals surface area contributed by atoms with E-state index in [0.717, 1.165) is 20.0 Å². The van der Waals surface area contributed by atoms with Crippen LogP contribution in [0.2, 0.25) is 5.02 Å². The first-order valence-electron chi connectivity index (χ1n) is 8.52. The molecule has 1 atom stereocenters. The number of carbonyl (C=O) groups excluding carboxylic acids is 3. The van der Waals surface area contributed by atoms with Gasteiger partial charge < -0.3 is 18.9 Å². The fourth-order valence-corrected chi connectivity index (χ4v) is 2.21. The van der Waals surface area contributed by atoms with Crippen molar-refractivity contribution in [3.63, 3.8) is 0 Å². The lowest BCUT2D eigenvalue weighted by Crippen LogP contribution is -2.39. The fraction of sp³-hybridized carbons (Fsp3) is 0.500. The van der Waals surface area contributed by atoms with Gasteiger partial charge in [0, 0.05) is 0 Å². The van der Waals surface area contributed by atoms with Gasteiger partial charge in [0.15, 0.2) is 17.6 Å². The van der Waals surface area contributed by atoms with Gasteiger partial charge in [0.25, 0.3) is 5.91 Å². The van der Waals surface area contributed by atoms with Crippen LogP contribution in [0.1, 0.15) is 44.0 Å². The number of halogens is 1.